The van der Waals surface area contributed by atoms with Gasteiger partial charge in [-0.25, -0.2) is 13.1 Å². The molecule has 130 valence electrons. The molecular weight excluding hydrogens is 314 g/mol. The van der Waals surface area contributed by atoms with Gasteiger partial charge in [-0.05, 0) is 12.8 Å². The van der Waals surface area contributed by atoms with E-state index in [1.807, 2.05) is 40.7 Å². The van der Waals surface area contributed by atoms with Crippen LogP contribution in [0.4, 0.5) is 5.82 Å². The summed E-state index contributed by atoms with van der Waals surface area (Å²) in [7, 11) is -3.01. The molecular formula is C16H27N3O3S. The Morgan fingerprint density at radius 2 is 2.13 bits per heavy atom. The summed E-state index contributed by atoms with van der Waals surface area (Å²) in [6.45, 7) is 9.98. The first-order chi connectivity index (χ1) is 10.5. The molecule has 1 saturated heterocycles. The molecule has 0 saturated carbocycles. The van der Waals surface area contributed by atoms with Crippen molar-refractivity contribution in [2.45, 2.75) is 58.9 Å². The normalized spacial score (nSPS) is 22.0. The summed E-state index contributed by atoms with van der Waals surface area (Å²) in [4.78, 5) is 12.2. The molecule has 1 amide bonds. The van der Waals surface area contributed by atoms with Gasteiger partial charge in [0, 0.05) is 17.4 Å². The zero-order valence-electron chi connectivity index (χ0n) is 14.6. The summed E-state index contributed by atoms with van der Waals surface area (Å²) in [5.41, 5.74) is 0.680. The fourth-order valence-corrected chi connectivity index (χ4v) is 4.23. The van der Waals surface area contributed by atoms with E-state index in [0.29, 0.717) is 12.2 Å². The van der Waals surface area contributed by atoms with Gasteiger partial charge in [-0.2, -0.15) is 5.10 Å². The lowest BCUT2D eigenvalue weighted by atomic mass is 9.92. The standard InChI is InChI=1S/C16H27N3O3S/c1-6-11(2)15(20)17-14-9-13(16(3,4)5)18-19(14)12-7-8-23(21,22)10-12/h9,11-12H,6-8,10H2,1-5H3,(H,17,20)/t11-,12+/m1/s1. The number of amides is 1. The number of carbonyl (C=O) groups excluding carboxylic acids is 1. The highest BCUT2D eigenvalue weighted by molar-refractivity contribution is 7.91. The third-order valence-corrected chi connectivity index (χ3v) is 6.12. The molecule has 0 radical (unpaired) electrons. The van der Waals surface area contributed by atoms with Crippen molar-refractivity contribution in [3.63, 3.8) is 0 Å². The van der Waals surface area contributed by atoms with Crippen molar-refractivity contribution < 1.29 is 13.2 Å². The van der Waals surface area contributed by atoms with E-state index < -0.39 is 9.84 Å². The Morgan fingerprint density at radius 3 is 2.61 bits per heavy atom. The third-order valence-electron chi connectivity index (χ3n) is 4.37. The van der Waals surface area contributed by atoms with Crippen molar-refractivity contribution >= 4 is 21.6 Å². The van der Waals surface area contributed by atoms with Gasteiger partial charge in [-0.1, -0.05) is 34.6 Å². The van der Waals surface area contributed by atoms with Crippen LogP contribution in [0, 0.1) is 5.92 Å². The van der Waals surface area contributed by atoms with Crippen LogP contribution >= 0.6 is 0 Å². The largest absolute Gasteiger partial charge is 0.311 e. The quantitative estimate of drug-likeness (QED) is 0.912. The van der Waals surface area contributed by atoms with Gasteiger partial charge in [0.15, 0.2) is 9.84 Å². The molecule has 2 atom stereocenters. The van der Waals surface area contributed by atoms with Crippen LogP contribution in [0.25, 0.3) is 0 Å². The van der Waals surface area contributed by atoms with E-state index in [2.05, 4.69) is 10.4 Å². The van der Waals surface area contributed by atoms with Gasteiger partial charge in [0.05, 0.1) is 23.2 Å². The molecule has 23 heavy (non-hydrogen) atoms. The molecule has 0 spiro atoms. The lowest BCUT2D eigenvalue weighted by molar-refractivity contribution is -0.119. The second-order valence-electron chi connectivity index (χ2n) is 7.46. The smallest absolute Gasteiger partial charge is 0.228 e. The number of rotatable bonds is 4. The summed E-state index contributed by atoms with van der Waals surface area (Å²) in [5, 5.41) is 7.53. The van der Waals surface area contributed by atoms with E-state index >= 15 is 0 Å². The molecule has 1 aromatic rings. The van der Waals surface area contributed by atoms with E-state index in [9.17, 15) is 13.2 Å². The highest BCUT2D eigenvalue weighted by atomic mass is 32.2. The Morgan fingerprint density at radius 1 is 1.48 bits per heavy atom. The minimum Gasteiger partial charge on any atom is -0.311 e. The van der Waals surface area contributed by atoms with Gasteiger partial charge in [0.2, 0.25) is 5.91 Å². The van der Waals surface area contributed by atoms with Crippen LogP contribution < -0.4 is 5.32 Å². The molecule has 1 fully saturated rings. The Hall–Kier alpha value is -1.37. The number of anilines is 1. The third kappa shape index (κ3) is 4.13. The van der Waals surface area contributed by atoms with Gasteiger partial charge < -0.3 is 5.32 Å². The van der Waals surface area contributed by atoms with Crippen LogP contribution in [0.3, 0.4) is 0 Å². The van der Waals surface area contributed by atoms with Gasteiger partial charge in [-0.15, -0.1) is 0 Å². The minimum absolute atomic E-state index is 0.0602. The van der Waals surface area contributed by atoms with Gasteiger partial charge in [0.25, 0.3) is 0 Å². The van der Waals surface area contributed by atoms with Crippen molar-refractivity contribution in [3.05, 3.63) is 11.8 Å². The molecule has 2 heterocycles. The van der Waals surface area contributed by atoms with Crippen LogP contribution in [-0.4, -0.2) is 35.6 Å². The van der Waals surface area contributed by atoms with E-state index in [0.717, 1.165) is 12.1 Å². The van der Waals surface area contributed by atoms with Gasteiger partial charge in [-0.3, -0.25) is 4.79 Å². The lowest BCUT2D eigenvalue weighted by Crippen LogP contribution is -2.23. The maximum atomic E-state index is 12.2. The second-order valence-corrected chi connectivity index (χ2v) is 9.69. The van der Waals surface area contributed by atoms with Crippen LogP contribution in [0.2, 0.25) is 0 Å². The maximum absolute atomic E-state index is 12.2. The zero-order valence-corrected chi connectivity index (χ0v) is 15.4. The fourth-order valence-electron chi connectivity index (χ4n) is 2.54. The summed E-state index contributed by atoms with van der Waals surface area (Å²) in [6.07, 6.45) is 1.30. The number of carbonyl (C=O) groups is 1. The molecule has 1 aliphatic rings. The average molecular weight is 341 g/mol. The van der Waals surface area contributed by atoms with Crippen molar-refractivity contribution in [3.8, 4) is 0 Å². The van der Waals surface area contributed by atoms with E-state index in [1.54, 1.807) is 4.68 Å². The summed E-state index contributed by atoms with van der Waals surface area (Å²) >= 11 is 0. The van der Waals surface area contributed by atoms with Crippen molar-refractivity contribution in [2.24, 2.45) is 5.92 Å². The molecule has 0 aliphatic carbocycles. The van der Waals surface area contributed by atoms with E-state index in [4.69, 9.17) is 0 Å². The number of hydrogen-bond donors (Lipinski definition) is 1. The van der Waals surface area contributed by atoms with E-state index in [1.165, 1.54) is 0 Å². The van der Waals surface area contributed by atoms with Crippen molar-refractivity contribution in [1.82, 2.24) is 9.78 Å². The predicted octanol–water partition coefficient (Wildman–Crippen LogP) is 2.52. The number of hydrogen-bond acceptors (Lipinski definition) is 4. The molecule has 0 bridgehead atoms. The Bertz CT molecular complexity index is 686. The number of nitrogens with one attached hydrogen (secondary N) is 1. The molecule has 1 aliphatic heterocycles. The predicted molar refractivity (Wildman–Crippen MR) is 91.3 cm³/mol. The summed E-state index contributed by atoms with van der Waals surface area (Å²) in [6, 6.07) is 1.66. The molecule has 7 heteroatoms. The topological polar surface area (TPSA) is 81.1 Å². The van der Waals surface area contributed by atoms with Crippen molar-refractivity contribution in [2.75, 3.05) is 16.8 Å². The Kier molecular flexibility index (Phi) is 4.89. The lowest BCUT2D eigenvalue weighted by Gasteiger charge is -2.16. The highest BCUT2D eigenvalue weighted by Crippen LogP contribution is 2.31. The first-order valence-electron chi connectivity index (χ1n) is 8.15. The van der Waals surface area contributed by atoms with E-state index in [-0.39, 0.29) is 34.8 Å². The average Bonchev–Trinajstić information content (AvgIpc) is 3.00. The second kappa shape index (κ2) is 6.26. The van der Waals surface area contributed by atoms with Gasteiger partial charge >= 0.3 is 0 Å². The zero-order chi connectivity index (χ0) is 17.4. The number of aromatic nitrogens is 2. The van der Waals surface area contributed by atoms with Crippen LogP contribution in [0.1, 0.15) is 59.2 Å². The first kappa shape index (κ1) is 18.0. The van der Waals surface area contributed by atoms with Gasteiger partial charge in [0.1, 0.15) is 5.82 Å². The Labute approximate surface area is 138 Å². The molecule has 6 nitrogen and oxygen atoms in total. The minimum atomic E-state index is -3.01. The highest BCUT2D eigenvalue weighted by Gasteiger charge is 2.33. The number of sulfone groups is 1. The summed E-state index contributed by atoms with van der Waals surface area (Å²) in [5.74, 6) is 0.715. The molecule has 0 aromatic carbocycles. The SMILES string of the molecule is CC[C@@H](C)C(=O)Nc1cc(C(C)(C)C)nn1[C@H]1CCS(=O)(=O)C1. The Balaban J connectivity index is 2.35. The monoisotopic (exact) mass is 341 g/mol. The summed E-state index contributed by atoms with van der Waals surface area (Å²) < 4.78 is 25.3. The molecule has 1 N–H and O–H groups in total. The number of nitrogens with zero attached hydrogens (tertiary/aromatic N) is 2. The van der Waals surface area contributed by atoms with Crippen LogP contribution in [-0.2, 0) is 20.0 Å². The van der Waals surface area contributed by atoms with Crippen molar-refractivity contribution in [1.29, 1.82) is 0 Å². The molecule has 0 unspecified atom stereocenters. The first-order valence-corrected chi connectivity index (χ1v) is 9.97. The fraction of sp³-hybridized carbons (Fsp3) is 0.750. The molecule has 2 rings (SSSR count). The maximum Gasteiger partial charge on any atom is 0.228 e. The molecule has 1 aromatic heterocycles. The van der Waals surface area contributed by atoms with Crippen LogP contribution in [0.15, 0.2) is 6.07 Å². The van der Waals surface area contributed by atoms with Crippen LogP contribution in [0.5, 0.6) is 0 Å².